The molecule has 1 heterocycles. The average molecular weight is 538 g/mol. The average Bonchev–Trinajstić information content (AvgIpc) is 3.45. The predicted octanol–water partition coefficient (Wildman–Crippen LogP) is 11.5. The molecule has 0 fully saturated rings. The summed E-state index contributed by atoms with van der Waals surface area (Å²) in [4.78, 5) is 2.39. The van der Waals surface area contributed by atoms with Crippen molar-refractivity contribution < 1.29 is 4.42 Å². The van der Waals surface area contributed by atoms with E-state index < -0.39 is 0 Å². The van der Waals surface area contributed by atoms with Gasteiger partial charge in [0.15, 0.2) is 0 Å². The molecule has 0 aliphatic rings. The van der Waals surface area contributed by atoms with Crippen molar-refractivity contribution in [2.75, 3.05) is 4.90 Å². The quantitative estimate of drug-likeness (QED) is 0.217. The van der Waals surface area contributed by atoms with E-state index in [9.17, 15) is 0 Å². The third-order valence-corrected chi connectivity index (χ3v) is 8.06. The summed E-state index contributed by atoms with van der Waals surface area (Å²) in [6.07, 6.45) is 0. The van der Waals surface area contributed by atoms with Gasteiger partial charge in [0, 0.05) is 16.6 Å². The zero-order chi connectivity index (χ0) is 27.9. The molecule has 0 aliphatic heterocycles. The second-order valence-corrected chi connectivity index (χ2v) is 10.5. The number of anilines is 3. The van der Waals surface area contributed by atoms with Gasteiger partial charge in [0.25, 0.3) is 0 Å². The molecular weight excluding hydrogens is 510 g/mol. The summed E-state index contributed by atoms with van der Waals surface area (Å²) in [7, 11) is 0. The maximum absolute atomic E-state index is 6.34. The highest BCUT2D eigenvalue weighted by atomic mass is 16.3. The highest BCUT2D eigenvalue weighted by Gasteiger charge is 2.22. The number of fused-ring (bicyclic) bond motifs is 4. The Hall–Kier alpha value is -5.60. The van der Waals surface area contributed by atoms with E-state index in [1.807, 2.05) is 12.1 Å². The molecule has 7 aromatic carbocycles. The molecule has 0 N–H and O–H groups in total. The number of furan rings is 1. The summed E-state index contributed by atoms with van der Waals surface area (Å²) in [6.45, 7) is 0. The maximum atomic E-state index is 6.34. The fourth-order valence-corrected chi connectivity index (χ4v) is 6.17. The zero-order valence-corrected chi connectivity index (χ0v) is 22.9. The molecule has 2 nitrogen and oxygen atoms in total. The number of hydrogen-bond donors (Lipinski definition) is 0. The van der Waals surface area contributed by atoms with E-state index in [1.54, 1.807) is 0 Å². The SMILES string of the molecule is c1ccc(-c2ccccc2N(c2cccc(-c3cccc4ccccc34)c2)c2cccc3oc4ccccc4c23)cc1. The lowest BCUT2D eigenvalue weighted by atomic mass is 9.97. The summed E-state index contributed by atoms with van der Waals surface area (Å²) in [6, 6.07) is 58.0. The molecule has 2 heteroatoms. The van der Waals surface area contributed by atoms with E-state index >= 15 is 0 Å². The third-order valence-electron chi connectivity index (χ3n) is 8.06. The van der Waals surface area contributed by atoms with Crippen molar-refractivity contribution in [3.05, 3.63) is 164 Å². The van der Waals surface area contributed by atoms with Crippen LogP contribution in [0.25, 0.3) is 55.0 Å². The lowest BCUT2D eigenvalue weighted by Crippen LogP contribution is -2.11. The minimum absolute atomic E-state index is 0.876. The van der Waals surface area contributed by atoms with Crippen LogP contribution in [-0.4, -0.2) is 0 Å². The van der Waals surface area contributed by atoms with Gasteiger partial charge in [-0.05, 0) is 63.9 Å². The van der Waals surface area contributed by atoms with Crippen LogP contribution in [0.5, 0.6) is 0 Å². The van der Waals surface area contributed by atoms with Crippen LogP contribution in [0.3, 0.4) is 0 Å². The Morgan fingerprint density at radius 2 is 1.02 bits per heavy atom. The molecule has 0 amide bonds. The van der Waals surface area contributed by atoms with Crippen molar-refractivity contribution in [3.8, 4) is 22.3 Å². The number of nitrogens with zero attached hydrogens (tertiary/aromatic N) is 1. The maximum Gasteiger partial charge on any atom is 0.137 e. The van der Waals surface area contributed by atoms with E-state index in [0.29, 0.717) is 0 Å². The third kappa shape index (κ3) is 4.05. The lowest BCUT2D eigenvalue weighted by Gasteiger charge is -2.29. The van der Waals surface area contributed by atoms with Crippen molar-refractivity contribution >= 4 is 49.8 Å². The fourth-order valence-electron chi connectivity index (χ4n) is 6.17. The first-order chi connectivity index (χ1) is 20.8. The fraction of sp³-hybridized carbons (Fsp3) is 0. The highest BCUT2D eigenvalue weighted by Crippen LogP contribution is 2.46. The monoisotopic (exact) mass is 537 g/mol. The van der Waals surface area contributed by atoms with Crippen molar-refractivity contribution in [2.45, 2.75) is 0 Å². The van der Waals surface area contributed by atoms with Gasteiger partial charge in [-0.25, -0.2) is 0 Å². The first-order valence-electron chi connectivity index (χ1n) is 14.3. The summed E-state index contributed by atoms with van der Waals surface area (Å²) >= 11 is 0. The Bertz CT molecular complexity index is 2200. The number of rotatable bonds is 5. The van der Waals surface area contributed by atoms with Crippen molar-refractivity contribution in [1.82, 2.24) is 0 Å². The van der Waals surface area contributed by atoms with Crippen LogP contribution in [0.2, 0.25) is 0 Å². The van der Waals surface area contributed by atoms with Gasteiger partial charge in [-0.3, -0.25) is 0 Å². The van der Waals surface area contributed by atoms with Gasteiger partial charge in [-0.15, -0.1) is 0 Å². The van der Waals surface area contributed by atoms with Crippen LogP contribution in [0.15, 0.2) is 168 Å². The van der Waals surface area contributed by atoms with Crippen LogP contribution < -0.4 is 4.90 Å². The molecule has 0 unspecified atom stereocenters. The molecule has 8 aromatic rings. The Morgan fingerprint density at radius 3 is 1.95 bits per heavy atom. The van der Waals surface area contributed by atoms with Gasteiger partial charge in [0.05, 0.1) is 16.8 Å². The Kier molecular flexibility index (Phi) is 5.82. The largest absolute Gasteiger partial charge is 0.456 e. The van der Waals surface area contributed by atoms with Crippen LogP contribution in [-0.2, 0) is 0 Å². The Labute approximate surface area is 244 Å². The minimum Gasteiger partial charge on any atom is -0.456 e. The van der Waals surface area contributed by atoms with E-state index in [2.05, 4.69) is 157 Å². The molecule has 42 heavy (non-hydrogen) atoms. The van der Waals surface area contributed by atoms with Gasteiger partial charge >= 0.3 is 0 Å². The molecule has 8 rings (SSSR count). The zero-order valence-electron chi connectivity index (χ0n) is 22.9. The molecule has 0 spiro atoms. The van der Waals surface area contributed by atoms with E-state index in [1.165, 1.54) is 33.0 Å². The second-order valence-electron chi connectivity index (χ2n) is 10.5. The van der Waals surface area contributed by atoms with E-state index in [0.717, 1.165) is 39.0 Å². The molecular formula is C40H27NO. The molecule has 198 valence electrons. The molecule has 1 aromatic heterocycles. The molecule has 0 saturated carbocycles. The van der Waals surface area contributed by atoms with Gasteiger partial charge in [-0.1, -0.05) is 127 Å². The van der Waals surface area contributed by atoms with Crippen LogP contribution in [0.1, 0.15) is 0 Å². The van der Waals surface area contributed by atoms with Crippen LogP contribution in [0, 0.1) is 0 Å². The first kappa shape index (κ1) is 24.2. The van der Waals surface area contributed by atoms with Crippen molar-refractivity contribution in [3.63, 3.8) is 0 Å². The topological polar surface area (TPSA) is 16.4 Å². The highest BCUT2D eigenvalue weighted by molar-refractivity contribution is 6.14. The summed E-state index contributed by atoms with van der Waals surface area (Å²) in [5, 5.41) is 4.69. The van der Waals surface area contributed by atoms with Crippen LogP contribution in [0.4, 0.5) is 17.1 Å². The van der Waals surface area contributed by atoms with Gasteiger partial charge < -0.3 is 9.32 Å². The number of benzene rings is 7. The van der Waals surface area contributed by atoms with Gasteiger partial charge in [0.1, 0.15) is 11.2 Å². The lowest BCUT2D eigenvalue weighted by molar-refractivity contribution is 0.669. The van der Waals surface area contributed by atoms with E-state index in [4.69, 9.17) is 4.42 Å². The number of para-hydroxylation sites is 2. The first-order valence-corrected chi connectivity index (χ1v) is 14.3. The Balaban J connectivity index is 1.42. The molecule has 0 radical (unpaired) electrons. The summed E-state index contributed by atoms with van der Waals surface area (Å²) in [5.74, 6) is 0. The normalized spacial score (nSPS) is 11.3. The Morgan fingerprint density at radius 1 is 0.405 bits per heavy atom. The van der Waals surface area contributed by atoms with Crippen molar-refractivity contribution in [2.24, 2.45) is 0 Å². The van der Waals surface area contributed by atoms with E-state index in [-0.39, 0.29) is 0 Å². The number of hydrogen-bond acceptors (Lipinski definition) is 2. The predicted molar refractivity (Wildman–Crippen MR) is 177 cm³/mol. The smallest absolute Gasteiger partial charge is 0.137 e. The molecule has 0 aliphatic carbocycles. The summed E-state index contributed by atoms with van der Waals surface area (Å²) < 4.78 is 6.34. The van der Waals surface area contributed by atoms with Gasteiger partial charge in [0.2, 0.25) is 0 Å². The standard InChI is InChI=1S/C40H27NO/c1-2-13-29(14-3-1)34-20-6-8-23-36(34)41(37-24-12-26-39-40(37)35-21-7-9-25-38(35)42-39)31-18-10-17-30(27-31)33-22-11-16-28-15-4-5-19-32(28)33/h1-27H. The molecule has 0 atom stereocenters. The van der Waals surface area contributed by atoms with Crippen LogP contribution >= 0.6 is 0 Å². The minimum atomic E-state index is 0.876. The second kappa shape index (κ2) is 10.1. The molecule has 0 saturated heterocycles. The van der Waals surface area contributed by atoms with Gasteiger partial charge in [-0.2, -0.15) is 0 Å². The molecule has 0 bridgehead atoms. The summed E-state index contributed by atoms with van der Waals surface area (Å²) in [5.41, 5.74) is 9.77. The van der Waals surface area contributed by atoms with Crippen molar-refractivity contribution in [1.29, 1.82) is 0 Å².